The van der Waals surface area contributed by atoms with Crippen LogP contribution in [0.25, 0.3) is 0 Å². The Labute approximate surface area is 243 Å². The molecular formula is C31H39N3O6S. The summed E-state index contributed by atoms with van der Waals surface area (Å²) in [5, 5.41) is 2.93. The number of sulfonamides is 1. The van der Waals surface area contributed by atoms with E-state index >= 15 is 0 Å². The van der Waals surface area contributed by atoms with Gasteiger partial charge in [-0.1, -0.05) is 51.1 Å². The lowest BCUT2D eigenvalue weighted by Gasteiger charge is -2.33. The number of nitrogens with zero attached hydrogens (tertiary/aromatic N) is 2. The number of amides is 2. The molecule has 0 aliphatic heterocycles. The smallest absolute Gasteiger partial charge is 0.264 e. The molecule has 2 amide bonds. The van der Waals surface area contributed by atoms with E-state index < -0.39 is 28.5 Å². The van der Waals surface area contributed by atoms with Gasteiger partial charge in [-0.15, -0.1) is 0 Å². The van der Waals surface area contributed by atoms with E-state index in [0.29, 0.717) is 30.2 Å². The number of carbonyl (C=O) groups excluding carboxylic acids is 2. The Hall–Kier alpha value is -4.05. The van der Waals surface area contributed by atoms with Crippen LogP contribution in [0.4, 0.5) is 5.69 Å². The first kappa shape index (κ1) is 31.5. The Morgan fingerprint density at radius 2 is 1.41 bits per heavy atom. The zero-order valence-electron chi connectivity index (χ0n) is 24.2. The van der Waals surface area contributed by atoms with Crippen molar-refractivity contribution in [2.45, 2.75) is 44.7 Å². The molecule has 10 heteroatoms. The van der Waals surface area contributed by atoms with E-state index in [4.69, 9.17) is 9.47 Å². The van der Waals surface area contributed by atoms with Crippen LogP contribution in [0.15, 0.2) is 83.8 Å². The van der Waals surface area contributed by atoms with E-state index in [1.54, 1.807) is 61.7 Å². The Morgan fingerprint density at radius 1 is 0.854 bits per heavy atom. The third kappa shape index (κ3) is 8.23. The lowest BCUT2D eigenvalue weighted by Crippen LogP contribution is -2.52. The zero-order chi connectivity index (χ0) is 30.0. The number of hydrogen-bond donors (Lipinski definition) is 1. The molecule has 0 spiro atoms. The van der Waals surface area contributed by atoms with Gasteiger partial charge in [-0.2, -0.15) is 0 Å². The molecule has 0 unspecified atom stereocenters. The third-order valence-corrected chi connectivity index (χ3v) is 8.34. The molecule has 1 atom stereocenters. The summed E-state index contributed by atoms with van der Waals surface area (Å²) in [6, 6.07) is 20.8. The Morgan fingerprint density at radius 3 is 1.93 bits per heavy atom. The van der Waals surface area contributed by atoms with Crippen LogP contribution >= 0.6 is 0 Å². The van der Waals surface area contributed by atoms with Crippen LogP contribution in [-0.2, 0) is 26.2 Å². The maximum absolute atomic E-state index is 14.1. The molecule has 9 nitrogen and oxygen atoms in total. The van der Waals surface area contributed by atoms with Gasteiger partial charge in [-0.3, -0.25) is 13.9 Å². The van der Waals surface area contributed by atoms with Crippen molar-refractivity contribution < 1.29 is 27.5 Å². The van der Waals surface area contributed by atoms with Crippen LogP contribution in [-0.4, -0.2) is 58.5 Å². The quantitative estimate of drug-likeness (QED) is 0.301. The van der Waals surface area contributed by atoms with Gasteiger partial charge < -0.3 is 19.7 Å². The first-order valence-corrected chi connectivity index (χ1v) is 15.0. The van der Waals surface area contributed by atoms with E-state index in [0.717, 1.165) is 9.87 Å². The first-order valence-electron chi connectivity index (χ1n) is 13.5. The molecule has 0 radical (unpaired) electrons. The summed E-state index contributed by atoms with van der Waals surface area (Å²) in [6.45, 7) is 5.88. The molecule has 0 saturated carbocycles. The maximum atomic E-state index is 14.1. The van der Waals surface area contributed by atoms with Crippen LogP contribution in [0.2, 0.25) is 0 Å². The minimum absolute atomic E-state index is 0.0124. The van der Waals surface area contributed by atoms with Crippen LogP contribution < -0.4 is 19.1 Å². The van der Waals surface area contributed by atoms with E-state index in [1.165, 1.54) is 24.1 Å². The highest BCUT2D eigenvalue weighted by Gasteiger charge is 2.33. The SMILES string of the molecule is CC[C@H](C(=O)NCC(C)C)N(Cc1ccc(OC)cc1)C(=O)CN(c1ccccc1)S(=O)(=O)c1ccc(OC)cc1. The number of ether oxygens (including phenoxy) is 2. The molecule has 3 aromatic rings. The number of nitrogens with one attached hydrogen (secondary N) is 1. The summed E-state index contributed by atoms with van der Waals surface area (Å²) in [5.41, 5.74) is 1.11. The molecule has 0 bridgehead atoms. The first-order chi connectivity index (χ1) is 19.6. The highest BCUT2D eigenvalue weighted by Crippen LogP contribution is 2.26. The molecule has 0 fully saturated rings. The third-order valence-electron chi connectivity index (χ3n) is 6.55. The van der Waals surface area contributed by atoms with Crippen molar-refractivity contribution in [1.29, 1.82) is 0 Å². The second-order valence-corrected chi connectivity index (χ2v) is 11.8. The van der Waals surface area contributed by atoms with Crippen LogP contribution in [0, 0.1) is 5.92 Å². The summed E-state index contributed by atoms with van der Waals surface area (Å²) in [6.07, 6.45) is 0.350. The summed E-state index contributed by atoms with van der Waals surface area (Å²) < 4.78 is 39.3. The van der Waals surface area contributed by atoms with E-state index in [2.05, 4.69) is 5.32 Å². The fourth-order valence-corrected chi connectivity index (χ4v) is 5.68. The fraction of sp³-hybridized carbons (Fsp3) is 0.355. The van der Waals surface area contributed by atoms with E-state index in [-0.39, 0.29) is 23.3 Å². The van der Waals surface area contributed by atoms with Crippen molar-refractivity contribution >= 4 is 27.5 Å². The zero-order valence-corrected chi connectivity index (χ0v) is 25.1. The highest BCUT2D eigenvalue weighted by atomic mass is 32.2. The van der Waals surface area contributed by atoms with Gasteiger partial charge in [0.05, 0.1) is 24.8 Å². The van der Waals surface area contributed by atoms with Crippen molar-refractivity contribution in [2.24, 2.45) is 5.92 Å². The fourth-order valence-electron chi connectivity index (χ4n) is 4.27. The molecule has 0 saturated heterocycles. The van der Waals surface area contributed by atoms with E-state index in [1.807, 2.05) is 32.9 Å². The highest BCUT2D eigenvalue weighted by molar-refractivity contribution is 7.92. The lowest BCUT2D eigenvalue weighted by atomic mass is 10.1. The normalized spacial score (nSPS) is 12.0. The molecule has 0 aliphatic rings. The molecule has 41 heavy (non-hydrogen) atoms. The summed E-state index contributed by atoms with van der Waals surface area (Å²) in [5.74, 6) is 0.607. The Balaban J connectivity index is 2.01. The van der Waals surface area contributed by atoms with Gasteiger partial charge in [0.1, 0.15) is 24.1 Å². The summed E-state index contributed by atoms with van der Waals surface area (Å²) >= 11 is 0. The van der Waals surface area contributed by atoms with Crippen molar-refractivity contribution in [2.75, 3.05) is 31.6 Å². The van der Waals surface area contributed by atoms with Crippen LogP contribution in [0.1, 0.15) is 32.8 Å². The predicted octanol–water partition coefficient (Wildman–Crippen LogP) is 4.48. The minimum Gasteiger partial charge on any atom is -0.497 e. The largest absolute Gasteiger partial charge is 0.497 e. The average molecular weight is 582 g/mol. The van der Waals surface area contributed by atoms with Gasteiger partial charge in [-0.25, -0.2) is 8.42 Å². The number of methoxy groups -OCH3 is 2. The van der Waals surface area contributed by atoms with Crippen molar-refractivity contribution in [3.05, 3.63) is 84.4 Å². The van der Waals surface area contributed by atoms with Gasteiger partial charge in [0, 0.05) is 13.1 Å². The Kier molecular flexibility index (Phi) is 11.2. The second kappa shape index (κ2) is 14.5. The molecule has 0 aromatic heterocycles. The van der Waals surface area contributed by atoms with Gasteiger partial charge in [0.15, 0.2) is 0 Å². The number of carbonyl (C=O) groups is 2. The van der Waals surface area contributed by atoms with Crippen molar-refractivity contribution in [1.82, 2.24) is 10.2 Å². The summed E-state index contributed by atoms with van der Waals surface area (Å²) in [7, 11) is -1.09. The van der Waals surface area contributed by atoms with Crippen LogP contribution in [0.3, 0.4) is 0 Å². The second-order valence-electron chi connectivity index (χ2n) is 9.96. The van der Waals surface area contributed by atoms with Crippen molar-refractivity contribution in [3.8, 4) is 11.5 Å². The minimum atomic E-state index is -4.15. The molecule has 3 rings (SSSR count). The van der Waals surface area contributed by atoms with E-state index in [9.17, 15) is 18.0 Å². The maximum Gasteiger partial charge on any atom is 0.264 e. The van der Waals surface area contributed by atoms with Gasteiger partial charge in [-0.05, 0) is 66.4 Å². The standard InChI is InChI=1S/C31H39N3O6S/c1-6-29(31(36)32-20-23(2)3)33(21-24-12-14-26(39-4)15-13-24)30(35)22-34(25-10-8-7-9-11-25)41(37,38)28-18-16-27(40-5)17-19-28/h7-19,23,29H,6,20-22H2,1-5H3,(H,32,36)/t29-/m1/s1. The number of hydrogen-bond acceptors (Lipinski definition) is 6. The van der Waals surface area contributed by atoms with Gasteiger partial charge >= 0.3 is 0 Å². The molecule has 3 aromatic carbocycles. The van der Waals surface area contributed by atoms with Gasteiger partial charge in [0.2, 0.25) is 11.8 Å². The number of anilines is 1. The molecule has 220 valence electrons. The number of para-hydroxylation sites is 1. The topological polar surface area (TPSA) is 105 Å². The monoisotopic (exact) mass is 581 g/mol. The molecule has 0 heterocycles. The van der Waals surface area contributed by atoms with Gasteiger partial charge in [0.25, 0.3) is 10.0 Å². The average Bonchev–Trinajstić information content (AvgIpc) is 2.99. The molecular weight excluding hydrogens is 542 g/mol. The van der Waals surface area contributed by atoms with Crippen molar-refractivity contribution in [3.63, 3.8) is 0 Å². The number of benzene rings is 3. The summed E-state index contributed by atoms with van der Waals surface area (Å²) in [4.78, 5) is 28.8. The molecule has 1 N–H and O–H groups in total. The Bertz CT molecular complexity index is 1380. The number of rotatable bonds is 14. The lowest BCUT2D eigenvalue weighted by molar-refractivity contribution is -0.140. The molecule has 0 aliphatic carbocycles. The predicted molar refractivity (Wildman–Crippen MR) is 159 cm³/mol. The van der Waals surface area contributed by atoms with Crippen LogP contribution in [0.5, 0.6) is 11.5 Å².